The fourth-order valence-electron chi connectivity index (χ4n) is 13.2. The van der Waals surface area contributed by atoms with E-state index in [0.29, 0.717) is 0 Å². The third-order valence-corrected chi connectivity index (χ3v) is 20.2. The van der Waals surface area contributed by atoms with Crippen LogP contribution in [-0.4, -0.2) is 8.07 Å². The minimum absolute atomic E-state index is 0.123. The molecule has 0 aromatic heterocycles. The number of fused-ring (bicyclic) bond motifs is 14. The summed E-state index contributed by atoms with van der Waals surface area (Å²) in [6, 6.07) is 75.1. The molecule has 1 heterocycles. The predicted octanol–water partition coefficient (Wildman–Crippen LogP) is 16.7. The molecule has 0 radical (unpaired) electrons. The van der Waals surface area contributed by atoms with Crippen LogP contribution in [0.15, 0.2) is 194 Å². The Hall–Kier alpha value is -7.32. The highest BCUT2D eigenvalue weighted by atomic mass is 28.3. The minimum atomic E-state index is -2.06. The standard InChI is InChI=1S/C66H50Si/c1-65(2)57-24-14-11-21-46(57)48-30-28-41(35-59(48)65)63-51-32-27-40(52-33-39-17-7-8-18-43(39)44-19-9-10-20-45(44)52)34-54(51)64(42-29-31-49-47-22-12-15-25-58(47)66(3,4)60(49)36-42)56-38-62-53(37-55(56)63)50-23-13-16-26-61(50)67(62,5)6/h7-38H,1-6H3. The first-order valence-corrected chi connectivity index (χ1v) is 27.1. The quantitative estimate of drug-likeness (QED) is 0.0943. The molecule has 67 heavy (non-hydrogen) atoms. The maximum absolute atomic E-state index is 2.66. The lowest BCUT2D eigenvalue weighted by Gasteiger charge is -2.25. The summed E-state index contributed by atoms with van der Waals surface area (Å²) in [6.07, 6.45) is 0. The van der Waals surface area contributed by atoms with E-state index >= 15 is 0 Å². The average molecular weight is 871 g/mol. The molecule has 0 saturated carbocycles. The number of hydrogen-bond donors (Lipinski definition) is 0. The zero-order valence-corrected chi connectivity index (χ0v) is 40.0. The maximum Gasteiger partial charge on any atom is 0.113 e. The van der Waals surface area contributed by atoms with Gasteiger partial charge in [-0.25, -0.2) is 0 Å². The first-order valence-electron chi connectivity index (χ1n) is 24.1. The Labute approximate surface area is 394 Å². The van der Waals surface area contributed by atoms with Gasteiger partial charge in [0.2, 0.25) is 0 Å². The van der Waals surface area contributed by atoms with Crippen LogP contribution in [0.4, 0.5) is 0 Å². The van der Waals surface area contributed by atoms with Crippen LogP contribution in [0, 0.1) is 0 Å². The van der Waals surface area contributed by atoms with Crippen LogP contribution in [0.25, 0.3) is 110 Å². The van der Waals surface area contributed by atoms with Crippen molar-refractivity contribution in [2.24, 2.45) is 0 Å². The zero-order valence-electron chi connectivity index (χ0n) is 39.0. The highest BCUT2D eigenvalue weighted by Crippen LogP contribution is 2.54. The van der Waals surface area contributed by atoms with Crippen LogP contribution in [-0.2, 0) is 10.8 Å². The van der Waals surface area contributed by atoms with Crippen molar-refractivity contribution in [1.29, 1.82) is 0 Å². The van der Waals surface area contributed by atoms with Crippen molar-refractivity contribution in [2.75, 3.05) is 0 Å². The summed E-state index contributed by atoms with van der Waals surface area (Å²) in [6.45, 7) is 14.8. The molecule has 0 bridgehead atoms. The Bertz CT molecular complexity index is 4010. The van der Waals surface area contributed by atoms with E-state index in [-0.39, 0.29) is 10.8 Å². The van der Waals surface area contributed by atoms with Crippen molar-refractivity contribution in [3.63, 3.8) is 0 Å². The van der Waals surface area contributed by atoms with Crippen molar-refractivity contribution in [2.45, 2.75) is 51.6 Å². The maximum atomic E-state index is 2.66. The molecular weight excluding hydrogens is 821 g/mol. The van der Waals surface area contributed by atoms with Crippen LogP contribution >= 0.6 is 0 Å². The molecule has 318 valence electrons. The Kier molecular flexibility index (Phi) is 7.78. The van der Waals surface area contributed by atoms with E-state index in [1.54, 1.807) is 0 Å². The molecule has 2 aliphatic carbocycles. The Morgan fingerprint density at radius 3 is 1.45 bits per heavy atom. The number of hydrogen-bond acceptors (Lipinski definition) is 0. The topological polar surface area (TPSA) is 0 Å². The molecule has 1 heteroatoms. The van der Waals surface area contributed by atoms with Gasteiger partial charge in [0.05, 0.1) is 0 Å². The molecule has 14 rings (SSSR count). The van der Waals surface area contributed by atoms with Gasteiger partial charge >= 0.3 is 0 Å². The smallest absolute Gasteiger partial charge is 0.0623 e. The highest BCUT2D eigenvalue weighted by molar-refractivity contribution is 7.04. The van der Waals surface area contributed by atoms with Crippen molar-refractivity contribution < 1.29 is 0 Å². The van der Waals surface area contributed by atoms with Crippen molar-refractivity contribution in [3.8, 4) is 66.8 Å². The normalized spacial score (nSPS) is 15.4. The van der Waals surface area contributed by atoms with E-state index in [0.717, 1.165) is 0 Å². The molecule has 11 aromatic rings. The molecule has 11 aromatic carbocycles. The summed E-state index contributed by atoms with van der Waals surface area (Å²) in [5.74, 6) is 0. The molecule has 0 fully saturated rings. The summed E-state index contributed by atoms with van der Waals surface area (Å²) in [4.78, 5) is 0. The van der Waals surface area contributed by atoms with E-state index in [9.17, 15) is 0 Å². The zero-order chi connectivity index (χ0) is 45.1. The molecular formula is C66H50Si. The highest BCUT2D eigenvalue weighted by Gasteiger charge is 2.40. The molecule has 0 amide bonds. The van der Waals surface area contributed by atoms with Crippen LogP contribution in [0.5, 0.6) is 0 Å². The second kappa shape index (κ2) is 13.4. The Morgan fingerprint density at radius 1 is 0.284 bits per heavy atom. The van der Waals surface area contributed by atoms with E-state index < -0.39 is 8.07 Å². The number of benzene rings is 11. The lowest BCUT2D eigenvalue weighted by molar-refractivity contribution is 0.660. The molecule has 1 aliphatic heterocycles. The van der Waals surface area contributed by atoms with E-state index in [1.165, 1.54) is 142 Å². The van der Waals surface area contributed by atoms with Gasteiger partial charge in [0.15, 0.2) is 0 Å². The van der Waals surface area contributed by atoms with E-state index in [1.807, 2.05) is 0 Å². The Balaban J connectivity index is 1.14. The van der Waals surface area contributed by atoms with Gasteiger partial charge in [-0.15, -0.1) is 0 Å². The summed E-state index contributed by atoms with van der Waals surface area (Å²) in [7, 11) is -2.06. The van der Waals surface area contributed by atoms with Crippen LogP contribution in [0.1, 0.15) is 49.9 Å². The predicted molar refractivity (Wildman–Crippen MR) is 290 cm³/mol. The van der Waals surface area contributed by atoms with Crippen LogP contribution in [0.3, 0.4) is 0 Å². The summed E-state index contributed by atoms with van der Waals surface area (Å²) < 4.78 is 0. The van der Waals surface area contributed by atoms with Gasteiger partial charge in [-0.1, -0.05) is 205 Å². The van der Waals surface area contributed by atoms with Crippen molar-refractivity contribution in [3.05, 3.63) is 216 Å². The lowest BCUT2D eigenvalue weighted by Crippen LogP contribution is -2.49. The molecule has 0 atom stereocenters. The third kappa shape index (κ3) is 5.18. The van der Waals surface area contributed by atoms with Gasteiger partial charge in [0.1, 0.15) is 8.07 Å². The largest absolute Gasteiger partial charge is 0.113 e. The molecule has 0 saturated heterocycles. The number of rotatable bonds is 3. The van der Waals surface area contributed by atoms with Crippen molar-refractivity contribution in [1.82, 2.24) is 0 Å². The second-order valence-electron chi connectivity index (χ2n) is 21.2. The second-order valence-corrected chi connectivity index (χ2v) is 25.5. The lowest BCUT2D eigenvalue weighted by atomic mass is 9.79. The van der Waals surface area contributed by atoms with Gasteiger partial charge in [-0.2, -0.15) is 0 Å². The molecule has 0 unspecified atom stereocenters. The van der Waals surface area contributed by atoms with Gasteiger partial charge < -0.3 is 0 Å². The van der Waals surface area contributed by atoms with Gasteiger partial charge in [-0.3, -0.25) is 0 Å². The molecule has 3 aliphatic rings. The fraction of sp³-hybridized carbons (Fsp3) is 0.121. The average Bonchev–Trinajstić information content (AvgIpc) is 3.83. The first-order chi connectivity index (χ1) is 32.5. The van der Waals surface area contributed by atoms with Gasteiger partial charge in [0, 0.05) is 10.8 Å². The first kappa shape index (κ1) is 38.9. The summed E-state index contributed by atoms with van der Waals surface area (Å²) in [5, 5.41) is 13.4. The van der Waals surface area contributed by atoms with E-state index in [4.69, 9.17) is 0 Å². The Morgan fingerprint density at radius 2 is 0.776 bits per heavy atom. The van der Waals surface area contributed by atoms with Crippen LogP contribution < -0.4 is 10.4 Å². The van der Waals surface area contributed by atoms with Crippen molar-refractivity contribution >= 4 is 61.5 Å². The minimum Gasteiger partial charge on any atom is -0.0623 e. The van der Waals surface area contributed by atoms with Gasteiger partial charge in [-0.05, 0) is 173 Å². The van der Waals surface area contributed by atoms with Gasteiger partial charge in [0.25, 0.3) is 0 Å². The summed E-state index contributed by atoms with van der Waals surface area (Å²) >= 11 is 0. The SMILES string of the molecule is CC1(C)c2ccccc2-c2ccc(-c3c4ccc(-c5cc6ccccc6c6ccccc56)cc4c(-c4ccc5c(c4)C(C)(C)c4ccccc4-5)c4cc5c(cc34)-c3ccccc3[Si]5(C)C)cc21. The molecule has 0 nitrogen and oxygen atoms in total. The molecule has 0 N–H and O–H groups in total. The van der Waals surface area contributed by atoms with Crippen LogP contribution in [0.2, 0.25) is 13.1 Å². The molecule has 0 spiro atoms. The fourth-order valence-corrected chi connectivity index (χ4v) is 16.3. The monoisotopic (exact) mass is 870 g/mol. The van der Waals surface area contributed by atoms with E-state index in [2.05, 4.69) is 235 Å². The summed E-state index contributed by atoms with van der Waals surface area (Å²) in [5.41, 5.74) is 21.3. The third-order valence-electron chi connectivity index (χ3n) is 16.6.